The molecule has 2 amide bonds. The molecule has 4 aromatic rings. The summed E-state index contributed by atoms with van der Waals surface area (Å²) in [4.78, 5) is 29.1. The van der Waals surface area contributed by atoms with Gasteiger partial charge >= 0.3 is 0 Å². The molecule has 0 atom stereocenters. The van der Waals surface area contributed by atoms with Crippen LogP contribution in [-0.4, -0.2) is 25.2 Å². The lowest BCUT2D eigenvalue weighted by molar-refractivity contribution is 0.0847. The molecule has 0 saturated carbocycles. The van der Waals surface area contributed by atoms with Crippen LogP contribution in [0.1, 0.15) is 20.7 Å². The van der Waals surface area contributed by atoms with Crippen molar-refractivity contribution in [1.82, 2.24) is 15.8 Å². The van der Waals surface area contributed by atoms with Crippen LogP contribution in [0.5, 0.6) is 0 Å². The van der Waals surface area contributed by atoms with Gasteiger partial charge in [-0.1, -0.05) is 42.5 Å². The van der Waals surface area contributed by atoms with Crippen LogP contribution < -0.4 is 21.3 Å². The lowest BCUT2D eigenvalue weighted by Gasteiger charge is -2.11. The fourth-order valence-corrected chi connectivity index (χ4v) is 4.23. The van der Waals surface area contributed by atoms with E-state index in [1.807, 2.05) is 0 Å². The predicted octanol–water partition coefficient (Wildman–Crippen LogP) is 2.69. The SMILES string of the molecule is Nc1c(C(=O)NNC(=O)c2cccc(S(=O)(=O)Nc3ccccc3)c2)cnc2ccccc12. The van der Waals surface area contributed by atoms with Crippen LogP contribution in [0, 0.1) is 0 Å². The lowest BCUT2D eigenvalue weighted by atomic mass is 10.1. The van der Waals surface area contributed by atoms with Gasteiger partial charge < -0.3 is 5.73 Å². The molecule has 9 nitrogen and oxygen atoms in total. The molecule has 0 aliphatic rings. The molecule has 0 bridgehead atoms. The topological polar surface area (TPSA) is 143 Å². The number of hydrogen-bond acceptors (Lipinski definition) is 6. The van der Waals surface area contributed by atoms with Gasteiger partial charge in [0.1, 0.15) is 0 Å². The Morgan fingerprint density at radius 1 is 0.818 bits per heavy atom. The second-order valence-corrected chi connectivity index (χ2v) is 8.69. The number of nitrogens with two attached hydrogens (primary N) is 1. The Balaban J connectivity index is 1.47. The van der Waals surface area contributed by atoms with E-state index in [-0.39, 0.29) is 21.7 Å². The van der Waals surface area contributed by atoms with Crippen molar-refractivity contribution in [2.75, 3.05) is 10.5 Å². The number of nitrogens with one attached hydrogen (secondary N) is 3. The van der Waals surface area contributed by atoms with Crippen molar-refractivity contribution in [1.29, 1.82) is 0 Å². The highest BCUT2D eigenvalue weighted by Gasteiger charge is 2.18. The first kappa shape index (κ1) is 21.8. The second kappa shape index (κ2) is 8.97. The molecule has 0 spiro atoms. The number of nitrogen functional groups attached to an aromatic ring is 1. The summed E-state index contributed by atoms with van der Waals surface area (Å²) in [5.41, 5.74) is 12.0. The summed E-state index contributed by atoms with van der Waals surface area (Å²) in [6, 6.07) is 20.9. The minimum atomic E-state index is -3.91. The molecule has 0 aliphatic carbocycles. The van der Waals surface area contributed by atoms with E-state index in [4.69, 9.17) is 5.73 Å². The van der Waals surface area contributed by atoms with E-state index in [1.165, 1.54) is 30.5 Å². The van der Waals surface area contributed by atoms with Crippen LogP contribution in [0.25, 0.3) is 10.9 Å². The number of carbonyl (C=O) groups excluding carboxylic acids is 2. The summed E-state index contributed by atoms with van der Waals surface area (Å²) in [7, 11) is -3.91. The Morgan fingerprint density at radius 2 is 1.52 bits per heavy atom. The third-order valence-electron chi connectivity index (χ3n) is 4.78. The maximum Gasteiger partial charge on any atom is 0.273 e. The molecular weight excluding hydrogens is 442 g/mol. The number of amides is 2. The van der Waals surface area contributed by atoms with Gasteiger partial charge in [-0.15, -0.1) is 0 Å². The van der Waals surface area contributed by atoms with Crippen molar-refractivity contribution in [3.8, 4) is 0 Å². The fourth-order valence-electron chi connectivity index (χ4n) is 3.12. The zero-order valence-corrected chi connectivity index (χ0v) is 18.0. The van der Waals surface area contributed by atoms with Crippen LogP contribution in [0.4, 0.5) is 11.4 Å². The minimum Gasteiger partial charge on any atom is -0.397 e. The van der Waals surface area contributed by atoms with Gasteiger partial charge in [-0.3, -0.25) is 30.1 Å². The zero-order chi connectivity index (χ0) is 23.4. The summed E-state index contributed by atoms with van der Waals surface area (Å²) in [5.74, 6) is -1.36. The van der Waals surface area contributed by atoms with Gasteiger partial charge in [0.15, 0.2) is 0 Å². The quantitative estimate of drug-likeness (QED) is 0.337. The number of aromatic nitrogens is 1. The first-order valence-electron chi connectivity index (χ1n) is 9.77. The third-order valence-corrected chi connectivity index (χ3v) is 6.16. The molecule has 0 fully saturated rings. The molecule has 33 heavy (non-hydrogen) atoms. The molecule has 1 aromatic heterocycles. The molecule has 10 heteroatoms. The molecule has 0 radical (unpaired) electrons. The van der Waals surface area contributed by atoms with Gasteiger partial charge in [0.05, 0.1) is 21.7 Å². The molecule has 4 rings (SSSR count). The van der Waals surface area contributed by atoms with Crippen LogP contribution >= 0.6 is 0 Å². The molecule has 0 aliphatic heterocycles. The Labute approximate surface area is 189 Å². The first-order chi connectivity index (χ1) is 15.8. The van der Waals surface area contributed by atoms with Gasteiger partial charge in [-0.05, 0) is 36.4 Å². The van der Waals surface area contributed by atoms with Crippen LogP contribution in [0.2, 0.25) is 0 Å². The second-order valence-electron chi connectivity index (χ2n) is 7.01. The average molecular weight is 462 g/mol. The zero-order valence-electron chi connectivity index (χ0n) is 17.1. The van der Waals surface area contributed by atoms with E-state index in [1.54, 1.807) is 54.6 Å². The minimum absolute atomic E-state index is 0.0378. The van der Waals surface area contributed by atoms with E-state index in [0.29, 0.717) is 16.6 Å². The monoisotopic (exact) mass is 461 g/mol. The van der Waals surface area contributed by atoms with Crippen molar-refractivity contribution in [2.24, 2.45) is 0 Å². The Kier molecular flexibility index (Phi) is 5.92. The summed E-state index contributed by atoms with van der Waals surface area (Å²) in [6.45, 7) is 0. The Hall–Kier alpha value is -4.44. The first-order valence-corrected chi connectivity index (χ1v) is 11.3. The van der Waals surface area contributed by atoms with Gasteiger partial charge in [-0.25, -0.2) is 8.42 Å². The van der Waals surface area contributed by atoms with E-state index in [0.717, 1.165) is 0 Å². The number of hydrogen-bond donors (Lipinski definition) is 4. The summed E-state index contributed by atoms with van der Waals surface area (Å²) in [6.07, 6.45) is 1.32. The van der Waals surface area contributed by atoms with E-state index in [2.05, 4.69) is 20.6 Å². The van der Waals surface area contributed by atoms with Crippen molar-refractivity contribution in [3.63, 3.8) is 0 Å². The van der Waals surface area contributed by atoms with Crippen LogP contribution in [0.15, 0.2) is 90.0 Å². The highest BCUT2D eigenvalue weighted by atomic mass is 32.2. The van der Waals surface area contributed by atoms with Crippen LogP contribution in [-0.2, 0) is 10.0 Å². The standard InChI is InChI=1S/C23H19N5O4S/c24-21-18-11-4-5-12-20(18)25-14-19(21)23(30)27-26-22(29)15-7-6-10-17(13-15)33(31,32)28-16-8-2-1-3-9-16/h1-14,28H,(H2,24,25)(H,26,29)(H,27,30). The summed E-state index contributed by atoms with van der Waals surface area (Å²) >= 11 is 0. The third kappa shape index (κ3) is 4.75. The van der Waals surface area contributed by atoms with Gasteiger partial charge in [0, 0.05) is 22.8 Å². The summed E-state index contributed by atoms with van der Waals surface area (Å²) in [5, 5.41) is 0.611. The Morgan fingerprint density at radius 3 is 2.30 bits per heavy atom. The average Bonchev–Trinajstić information content (AvgIpc) is 2.83. The number of hydrazine groups is 1. The number of fused-ring (bicyclic) bond motifs is 1. The smallest absolute Gasteiger partial charge is 0.273 e. The molecule has 166 valence electrons. The lowest BCUT2D eigenvalue weighted by Crippen LogP contribution is -2.42. The largest absolute Gasteiger partial charge is 0.397 e. The fraction of sp³-hybridized carbons (Fsp3) is 0. The van der Waals surface area contributed by atoms with E-state index >= 15 is 0 Å². The van der Waals surface area contributed by atoms with Crippen molar-refractivity contribution >= 4 is 44.1 Å². The maximum absolute atomic E-state index is 12.6. The summed E-state index contributed by atoms with van der Waals surface area (Å²) < 4.78 is 27.7. The van der Waals surface area contributed by atoms with Crippen molar-refractivity contribution < 1.29 is 18.0 Å². The molecular formula is C23H19N5O4S. The number of benzene rings is 3. The molecule has 0 saturated heterocycles. The van der Waals surface area contributed by atoms with E-state index in [9.17, 15) is 18.0 Å². The normalized spacial score (nSPS) is 11.0. The maximum atomic E-state index is 12.6. The number of nitrogens with zero attached hydrogens (tertiary/aromatic N) is 1. The highest BCUT2D eigenvalue weighted by Crippen LogP contribution is 2.22. The number of carbonyl (C=O) groups is 2. The van der Waals surface area contributed by atoms with Gasteiger partial charge in [-0.2, -0.15) is 0 Å². The molecule has 3 aromatic carbocycles. The number of pyridine rings is 1. The molecule has 1 heterocycles. The molecule has 5 N–H and O–H groups in total. The van der Waals surface area contributed by atoms with Gasteiger partial charge in [0.2, 0.25) is 0 Å². The Bertz CT molecular complexity index is 1460. The predicted molar refractivity (Wildman–Crippen MR) is 125 cm³/mol. The van der Waals surface area contributed by atoms with Crippen molar-refractivity contribution in [3.05, 3.63) is 96.2 Å². The van der Waals surface area contributed by atoms with E-state index < -0.39 is 21.8 Å². The van der Waals surface area contributed by atoms with Crippen LogP contribution in [0.3, 0.4) is 0 Å². The highest BCUT2D eigenvalue weighted by molar-refractivity contribution is 7.92. The molecule has 0 unspecified atom stereocenters. The van der Waals surface area contributed by atoms with Crippen molar-refractivity contribution in [2.45, 2.75) is 4.90 Å². The number of sulfonamides is 1. The number of rotatable bonds is 5. The number of para-hydroxylation sites is 2. The van der Waals surface area contributed by atoms with Gasteiger partial charge in [0.25, 0.3) is 21.8 Å². The number of anilines is 2.